The highest BCUT2D eigenvalue weighted by Gasteiger charge is 2.14. The van der Waals surface area contributed by atoms with E-state index in [-0.39, 0.29) is 5.91 Å². The fourth-order valence-corrected chi connectivity index (χ4v) is 2.24. The van der Waals surface area contributed by atoms with Crippen LogP contribution in [0.25, 0.3) is 10.9 Å². The van der Waals surface area contributed by atoms with Crippen LogP contribution >= 0.6 is 0 Å². The van der Waals surface area contributed by atoms with Crippen LogP contribution in [0.1, 0.15) is 41.9 Å². The fourth-order valence-electron chi connectivity index (χ4n) is 2.24. The number of aromatic amines is 1. The van der Waals surface area contributed by atoms with E-state index in [1.807, 2.05) is 6.92 Å². The lowest BCUT2D eigenvalue weighted by atomic mass is 10.1. The van der Waals surface area contributed by atoms with Crippen molar-refractivity contribution in [2.45, 2.75) is 34.1 Å². The molecule has 0 radical (unpaired) electrons. The standard InChI is InChI=1S/C16H22N2O/c1-10(2)7-8-17-16(19)15-12(4)13-6-5-11(3)9-14(13)18-15/h5-6,9-10,18H,7-8H2,1-4H3,(H,17,19). The van der Waals surface area contributed by atoms with Gasteiger partial charge in [-0.25, -0.2) is 0 Å². The van der Waals surface area contributed by atoms with Gasteiger partial charge in [-0.1, -0.05) is 26.0 Å². The predicted octanol–water partition coefficient (Wildman–Crippen LogP) is 3.56. The van der Waals surface area contributed by atoms with Crippen molar-refractivity contribution >= 4 is 16.8 Å². The van der Waals surface area contributed by atoms with E-state index < -0.39 is 0 Å². The summed E-state index contributed by atoms with van der Waals surface area (Å²) in [5.41, 5.74) is 3.94. The second-order valence-corrected chi connectivity index (χ2v) is 5.61. The van der Waals surface area contributed by atoms with Crippen LogP contribution in [0.3, 0.4) is 0 Å². The Labute approximate surface area is 114 Å². The lowest BCUT2D eigenvalue weighted by Crippen LogP contribution is -2.26. The van der Waals surface area contributed by atoms with Gasteiger partial charge in [-0.05, 0) is 43.4 Å². The third-order valence-corrected chi connectivity index (χ3v) is 3.45. The maximum atomic E-state index is 12.2. The number of benzene rings is 1. The molecule has 3 heteroatoms. The average Bonchev–Trinajstić information content (AvgIpc) is 2.65. The van der Waals surface area contributed by atoms with Crippen molar-refractivity contribution in [3.63, 3.8) is 0 Å². The number of carbonyl (C=O) groups is 1. The van der Waals surface area contributed by atoms with Gasteiger partial charge in [-0.2, -0.15) is 0 Å². The van der Waals surface area contributed by atoms with E-state index in [0.29, 0.717) is 11.6 Å². The summed E-state index contributed by atoms with van der Waals surface area (Å²) in [4.78, 5) is 15.4. The first-order valence-electron chi connectivity index (χ1n) is 6.86. The number of nitrogens with one attached hydrogen (secondary N) is 2. The van der Waals surface area contributed by atoms with Gasteiger partial charge in [0.1, 0.15) is 5.69 Å². The molecule has 0 bridgehead atoms. The molecule has 2 N–H and O–H groups in total. The van der Waals surface area contributed by atoms with Crippen LogP contribution < -0.4 is 5.32 Å². The maximum absolute atomic E-state index is 12.2. The fraction of sp³-hybridized carbons (Fsp3) is 0.438. The normalized spacial score (nSPS) is 11.2. The number of fused-ring (bicyclic) bond motifs is 1. The van der Waals surface area contributed by atoms with Crippen LogP contribution in [0.5, 0.6) is 0 Å². The van der Waals surface area contributed by atoms with Gasteiger partial charge < -0.3 is 10.3 Å². The topological polar surface area (TPSA) is 44.9 Å². The zero-order chi connectivity index (χ0) is 14.0. The Kier molecular flexibility index (Phi) is 3.93. The Balaban J connectivity index is 2.20. The first-order valence-corrected chi connectivity index (χ1v) is 6.86. The lowest BCUT2D eigenvalue weighted by molar-refractivity contribution is 0.0947. The van der Waals surface area contributed by atoms with Gasteiger partial charge >= 0.3 is 0 Å². The largest absolute Gasteiger partial charge is 0.351 e. The van der Waals surface area contributed by atoms with Gasteiger partial charge in [0, 0.05) is 17.4 Å². The molecule has 2 aromatic rings. The van der Waals surface area contributed by atoms with E-state index in [1.165, 1.54) is 5.56 Å². The number of rotatable bonds is 4. The van der Waals surface area contributed by atoms with Gasteiger partial charge in [0.25, 0.3) is 5.91 Å². The molecular weight excluding hydrogens is 236 g/mol. The Morgan fingerprint density at radius 2 is 2.05 bits per heavy atom. The number of hydrogen-bond acceptors (Lipinski definition) is 1. The van der Waals surface area contributed by atoms with Crippen molar-refractivity contribution < 1.29 is 4.79 Å². The molecule has 0 atom stereocenters. The van der Waals surface area contributed by atoms with Crippen molar-refractivity contribution in [1.82, 2.24) is 10.3 Å². The SMILES string of the molecule is Cc1ccc2c(C)c(C(=O)NCCC(C)C)[nH]c2c1. The maximum Gasteiger partial charge on any atom is 0.268 e. The molecule has 0 aliphatic carbocycles. The molecule has 102 valence electrons. The predicted molar refractivity (Wildman–Crippen MR) is 79.6 cm³/mol. The number of aromatic nitrogens is 1. The summed E-state index contributed by atoms with van der Waals surface area (Å²) in [6.07, 6.45) is 1.00. The minimum absolute atomic E-state index is 0.00740. The third kappa shape index (κ3) is 2.98. The van der Waals surface area contributed by atoms with Crippen molar-refractivity contribution in [3.8, 4) is 0 Å². The van der Waals surface area contributed by atoms with Crippen LogP contribution in [0.2, 0.25) is 0 Å². The van der Waals surface area contributed by atoms with Gasteiger partial charge in [0.15, 0.2) is 0 Å². The second-order valence-electron chi connectivity index (χ2n) is 5.61. The Hall–Kier alpha value is -1.77. The first kappa shape index (κ1) is 13.7. The lowest BCUT2D eigenvalue weighted by Gasteiger charge is -2.06. The summed E-state index contributed by atoms with van der Waals surface area (Å²) in [6, 6.07) is 6.22. The van der Waals surface area contributed by atoms with Crippen molar-refractivity contribution in [2.24, 2.45) is 5.92 Å². The molecule has 0 aliphatic rings. The highest BCUT2D eigenvalue weighted by Crippen LogP contribution is 2.22. The Morgan fingerprint density at radius 3 is 2.74 bits per heavy atom. The smallest absolute Gasteiger partial charge is 0.268 e. The van der Waals surface area contributed by atoms with E-state index in [0.717, 1.165) is 29.4 Å². The first-order chi connectivity index (χ1) is 8.99. The molecule has 3 nitrogen and oxygen atoms in total. The molecule has 0 saturated heterocycles. The zero-order valence-electron chi connectivity index (χ0n) is 12.1. The molecule has 19 heavy (non-hydrogen) atoms. The number of H-pyrrole nitrogens is 1. The summed E-state index contributed by atoms with van der Waals surface area (Å²) in [5, 5.41) is 4.10. The van der Waals surface area contributed by atoms with E-state index in [4.69, 9.17) is 0 Å². The van der Waals surface area contributed by atoms with Crippen LogP contribution in [0.4, 0.5) is 0 Å². The van der Waals surface area contributed by atoms with Crippen LogP contribution in [0, 0.1) is 19.8 Å². The molecule has 0 aliphatic heterocycles. The summed E-state index contributed by atoms with van der Waals surface area (Å²) in [5.74, 6) is 0.596. The van der Waals surface area contributed by atoms with E-state index in [1.54, 1.807) is 0 Å². The molecule has 1 aromatic carbocycles. The van der Waals surface area contributed by atoms with Crippen molar-refractivity contribution in [3.05, 3.63) is 35.0 Å². The van der Waals surface area contributed by atoms with Crippen LogP contribution in [-0.2, 0) is 0 Å². The van der Waals surface area contributed by atoms with E-state index in [2.05, 4.69) is 49.3 Å². The summed E-state index contributed by atoms with van der Waals surface area (Å²) >= 11 is 0. The highest BCUT2D eigenvalue weighted by molar-refractivity contribution is 6.00. The van der Waals surface area contributed by atoms with Gasteiger partial charge in [0.05, 0.1) is 0 Å². The summed E-state index contributed by atoms with van der Waals surface area (Å²) in [7, 11) is 0. The molecule has 0 spiro atoms. The second kappa shape index (κ2) is 5.47. The Bertz CT molecular complexity index is 596. The minimum Gasteiger partial charge on any atom is -0.351 e. The quantitative estimate of drug-likeness (QED) is 0.865. The molecule has 1 aromatic heterocycles. The zero-order valence-corrected chi connectivity index (χ0v) is 12.1. The number of carbonyl (C=O) groups excluding carboxylic acids is 1. The van der Waals surface area contributed by atoms with Crippen molar-refractivity contribution in [2.75, 3.05) is 6.54 Å². The average molecular weight is 258 g/mol. The van der Waals surface area contributed by atoms with E-state index in [9.17, 15) is 4.79 Å². The molecular formula is C16H22N2O. The van der Waals surface area contributed by atoms with Gasteiger partial charge in [0.2, 0.25) is 0 Å². The number of hydrogen-bond donors (Lipinski definition) is 2. The summed E-state index contributed by atoms with van der Waals surface area (Å²) in [6.45, 7) is 9.08. The third-order valence-electron chi connectivity index (χ3n) is 3.45. The Morgan fingerprint density at radius 1 is 1.32 bits per heavy atom. The highest BCUT2D eigenvalue weighted by atomic mass is 16.1. The van der Waals surface area contributed by atoms with Crippen LogP contribution in [-0.4, -0.2) is 17.4 Å². The van der Waals surface area contributed by atoms with Gasteiger partial charge in [-0.15, -0.1) is 0 Å². The van der Waals surface area contributed by atoms with E-state index >= 15 is 0 Å². The molecule has 0 fully saturated rings. The molecule has 1 amide bonds. The number of amides is 1. The molecule has 0 saturated carbocycles. The monoisotopic (exact) mass is 258 g/mol. The number of aryl methyl sites for hydroxylation is 2. The summed E-state index contributed by atoms with van der Waals surface area (Å²) < 4.78 is 0. The molecule has 2 rings (SSSR count). The van der Waals surface area contributed by atoms with Gasteiger partial charge in [-0.3, -0.25) is 4.79 Å². The molecule has 0 unspecified atom stereocenters. The van der Waals surface area contributed by atoms with Crippen molar-refractivity contribution in [1.29, 1.82) is 0 Å². The van der Waals surface area contributed by atoms with Crippen LogP contribution in [0.15, 0.2) is 18.2 Å². The minimum atomic E-state index is -0.00740. The molecule has 1 heterocycles.